The van der Waals surface area contributed by atoms with Crippen LogP contribution in [0.15, 0.2) is 0 Å². The summed E-state index contributed by atoms with van der Waals surface area (Å²) in [6, 6.07) is 0. The Balaban J connectivity index is 5.16. The van der Waals surface area contributed by atoms with Crippen molar-refractivity contribution in [3.63, 3.8) is 0 Å². The van der Waals surface area contributed by atoms with E-state index in [9.17, 15) is 43.2 Å². The zero-order chi connectivity index (χ0) is 64.2. The Hall–Kier alpha value is -1.94. The van der Waals surface area contributed by atoms with Crippen molar-refractivity contribution in [2.45, 2.75) is 368 Å². The van der Waals surface area contributed by atoms with Crippen LogP contribution in [-0.2, 0) is 65.4 Å². The molecular weight excluding hydrogens is 1150 g/mol. The smallest absolute Gasteiger partial charge is 0.462 e. The third kappa shape index (κ3) is 62.6. The van der Waals surface area contributed by atoms with E-state index in [1.165, 1.54) is 167 Å². The molecule has 0 aromatic heterocycles. The van der Waals surface area contributed by atoms with Crippen LogP contribution in [0.3, 0.4) is 0 Å². The van der Waals surface area contributed by atoms with Gasteiger partial charge in [0.25, 0.3) is 0 Å². The van der Waals surface area contributed by atoms with E-state index >= 15 is 0 Å². The average Bonchev–Trinajstić information content (AvgIpc) is 3.67. The van der Waals surface area contributed by atoms with Crippen molar-refractivity contribution in [3.05, 3.63) is 0 Å². The molecule has 0 rings (SSSR count). The highest BCUT2D eigenvalue weighted by Gasteiger charge is 2.30. The Kier molecular flexibility index (Phi) is 60.2. The zero-order valence-electron chi connectivity index (χ0n) is 56.2. The van der Waals surface area contributed by atoms with Gasteiger partial charge in [-0.1, -0.05) is 298 Å². The molecule has 0 aliphatic heterocycles. The summed E-state index contributed by atoms with van der Waals surface area (Å²) in [7, 11) is -9.89. The Morgan fingerprint density at radius 1 is 0.310 bits per heavy atom. The highest BCUT2D eigenvalue weighted by molar-refractivity contribution is 7.47. The first kappa shape index (κ1) is 85.1. The first-order chi connectivity index (χ1) is 42.0. The van der Waals surface area contributed by atoms with E-state index in [1.54, 1.807) is 0 Å². The Morgan fingerprint density at radius 3 is 0.782 bits per heavy atom. The molecule has 0 aliphatic rings. The molecule has 0 saturated heterocycles. The topological polar surface area (TPSA) is 237 Å². The number of carbonyl (C=O) groups excluding carboxylic acids is 4. The van der Waals surface area contributed by atoms with Crippen LogP contribution in [0.2, 0.25) is 0 Å². The highest BCUT2D eigenvalue weighted by Crippen LogP contribution is 2.45. The fourth-order valence-electron chi connectivity index (χ4n) is 10.3. The van der Waals surface area contributed by atoms with Crippen LogP contribution >= 0.6 is 15.6 Å². The third-order valence-electron chi connectivity index (χ3n) is 15.8. The lowest BCUT2D eigenvalue weighted by atomic mass is 10.0. The maximum absolute atomic E-state index is 13.0. The van der Waals surface area contributed by atoms with Crippen molar-refractivity contribution in [3.8, 4) is 0 Å². The number of phosphoric acid groups is 2. The van der Waals surface area contributed by atoms with Gasteiger partial charge in [0.1, 0.15) is 19.3 Å². The average molecular weight is 1280 g/mol. The molecule has 3 N–H and O–H groups in total. The standard InChI is InChI=1S/C68H132O17P2/c1-6-9-12-15-18-21-23-24-25-26-27-28-29-30-32-34-37-43-48-53-67(72)84-63(57-79-66(71)52-47-42-36-33-31-22-19-16-13-10-7-2)59-82-86(74,75)80-55-62(69)56-81-87(76,77)83-60-64(58-78-65(70)51-46-41-35-20-17-14-11-8-3)85-68(73)54-49-44-39-38-40-45-50-61(4)5/h61-64,69H,6-60H2,1-5H3,(H,74,75)(H,76,77)/t62-,63-,64-/m1/s1. The molecule has 0 amide bonds. The summed E-state index contributed by atoms with van der Waals surface area (Å²) in [5, 5.41) is 10.5. The van der Waals surface area contributed by atoms with Crippen molar-refractivity contribution in [2.75, 3.05) is 39.6 Å². The van der Waals surface area contributed by atoms with Crippen molar-refractivity contribution >= 4 is 39.5 Å². The summed E-state index contributed by atoms with van der Waals surface area (Å²) in [4.78, 5) is 72.3. The van der Waals surface area contributed by atoms with Gasteiger partial charge >= 0.3 is 39.5 Å². The molecule has 0 aliphatic carbocycles. The van der Waals surface area contributed by atoms with Gasteiger partial charge in [-0.15, -0.1) is 0 Å². The first-order valence-corrected chi connectivity index (χ1v) is 38.6. The number of hydrogen-bond donors (Lipinski definition) is 3. The second-order valence-electron chi connectivity index (χ2n) is 25.0. The molecule has 2 unspecified atom stereocenters. The number of carbonyl (C=O) groups is 4. The number of unbranched alkanes of at least 4 members (excludes halogenated alkanes) is 40. The predicted molar refractivity (Wildman–Crippen MR) is 349 cm³/mol. The van der Waals surface area contributed by atoms with Crippen LogP contribution in [0.4, 0.5) is 0 Å². The molecule has 87 heavy (non-hydrogen) atoms. The van der Waals surface area contributed by atoms with E-state index in [4.69, 9.17) is 37.0 Å². The van der Waals surface area contributed by atoms with Crippen LogP contribution in [0.25, 0.3) is 0 Å². The molecule has 0 radical (unpaired) electrons. The lowest BCUT2D eigenvalue weighted by Crippen LogP contribution is -2.30. The van der Waals surface area contributed by atoms with E-state index in [2.05, 4.69) is 34.6 Å². The van der Waals surface area contributed by atoms with Crippen molar-refractivity contribution in [1.29, 1.82) is 0 Å². The zero-order valence-corrected chi connectivity index (χ0v) is 57.9. The van der Waals surface area contributed by atoms with Crippen LogP contribution < -0.4 is 0 Å². The Morgan fingerprint density at radius 2 is 0.529 bits per heavy atom. The molecule has 0 spiro atoms. The number of esters is 4. The summed E-state index contributed by atoms with van der Waals surface area (Å²) in [6.45, 7) is 7.10. The number of rotatable bonds is 68. The maximum atomic E-state index is 13.0. The van der Waals surface area contributed by atoms with Gasteiger partial charge < -0.3 is 33.8 Å². The first-order valence-electron chi connectivity index (χ1n) is 35.6. The Labute approximate surface area is 530 Å². The lowest BCUT2D eigenvalue weighted by Gasteiger charge is -2.21. The minimum Gasteiger partial charge on any atom is -0.462 e. The summed E-state index contributed by atoms with van der Waals surface area (Å²) < 4.78 is 68.1. The molecule has 0 aromatic rings. The van der Waals surface area contributed by atoms with Gasteiger partial charge in [0.15, 0.2) is 12.2 Å². The van der Waals surface area contributed by atoms with Crippen LogP contribution in [-0.4, -0.2) is 96.7 Å². The molecule has 516 valence electrons. The quantitative estimate of drug-likeness (QED) is 0.0222. The maximum Gasteiger partial charge on any atom is 0.472 e. The van der Waals surface area contributed by atoms with E-state index in [0.717, 1.165) is 96.3 Å². The number of phosphoric ester groups is 2. The van der Waals surface area contributed by atoms with E-state index in [-0.39, 0.29) is 25.7 Å². The molecule has 5 atom stereocenters. The predicted octanol–water partition coefficient (Wildman–Crippen LogP) is 19.4. The van der Waals surface area contributed by atoms with Crippen LogP contribution in [0, 0.1) is 5.92 Å². The minimum atomic E-state index is -4.95. The van der Waals surface area contributed by atoms with E-state index < -0.39 is 97.5 Å². The van der Waals surface area contributed by atoms with Gasteiger partial charge in [-0.05, 0) is 31.6 Å². The number of hydrogen-bond acceptors (Lipinski definition) is 15. The minimum absolute atomic E-state index is 0.102. The molecule has 0 bridgehead atoms. The van der Waals surface area contributed by atoms with Gasteiger partial charge in [-0.2, -0.15) is 0 Å². The Bertz CT molecular complexity index is 1690. The second-order valence-corrected chi connectivity index (χ2v) is 27.9. The normalized spacial score (nSPS) is 14.1. The van der Waals surface area contributed by atoms with Crippen molar-refractivity contribution in [1.82, 2.24) is 0 Å². The van der Waals surface area contributed by atoms with Gasteiger partial charge in [-0.25, -0.2) is 9.13 Å². The number of aliphatic hydroxyl groups excluding tert-OH is 1. The van der Waals surface area contributed by atoms with Gasteiger partial charge in [0.05, 0.1) is 26.4 Å². The number of ether oxygens (including phenoxy) is 4. The molecular formula is C68H132O17P2. The third-order valence-corrected chi connectivity index (χ3v) is 17.7. The number of aliphatic hydroxyl groups is 1. The summed E-state index contributed by atoms with van der Waals surface area (Å²) in [5.41, 5.74) is 0. The molecule has 0 heterocycles. The summed E-state index contributed by atoms with van der Waals surface area (Å²) in [5.74, 6) is -1.46. The van der Waals surface area contributed by atoms with Gasteiger partial charge in [0.2, 0.25) is 0 Å². The van der Waals surface area contributed by atoms with Crippen molar-refractivity contribution in [2.24, 2.45) is 5.92 Å². The molecule has 0 saturated carbocycles. The van der Waals surface area contributed by atoms with Gasteiger partial charge in [0, 0.05) is 25.7 Å². The van der Waals surface area contributed by atoms with E-state index in [0.29, 0.717) is 31.6 Å². The molecule has 19 heteroatoms. The van der Waals surface area contributed by atoms with Crippen molar-refractivity contribution < 1.29 is 80.2 Å². The van der Waals surface area contributed by atoms with Crippen LogP contribution in [0.5, 0.6) is 0 Å². The van der Waals surface area contributed by atoms with E-state index in [1.807, 2.05) is 0 Å². The SMILES string of the molecule is CCCCCCCCCCCCCCCCCCCCCC(=O)O[C@H](COC(=O)CCCCCCCCCCCCC)COP(=O)(O)OC[C@@H](O)COP(=O)(O)OC[C@@H](COC(=O)CCCCCCCCCC)OC(=O)CCCCCCCCC(C)C. The second kappa shape index (κ2) is 61.6. The van der Waals surface area contributed by atoms with Gasteiger partial charge in [-0.3, -0.25) is 37.3 Å². The molecule has 0 aromatic carbocycles. The summed E-state index contributed by atoms with van der Waals surface area (Å²) >= 11 is 0. The fraction of sp³-hybridized carbons (Fsp3) is 0.941. The monoisotopic (exact) mass is 1280 g/mol. The lowest BCUT2D eigenvalue weighted by molar-refractivity contribution is -0.161. The largest absolute Gasteiger partial charge is 0.472 e. The molecule has 17 nitrogen and oxygen atoms in total. The van der Waals surface area contributed by atoms with Crippen LogP contribution in [0.1, 0.15) is 349 Å². The fourth-order valence-corrected chi connectivity index (χ4v) is 11.9. The highest BCUT2D eigenvalue weighted by atomic mass is 31.2. The molecule has 0 fully saturated rings. The summed E-state index contributed by atoms with van der Waals surface area (Å²) in [6.07, 6.45) is 47.5.